The molecular weight excluding hydrogens is 169 g/mol. The normalized spacial score (nSPS) is 36.0. The van der Waals surface area contributed by atoms with Gasteiger partial charge in [0.2, 0.25) is 0 Å². The van der Waals surface area contributed by atoms with Crippen molar-refractivity contribution in [2.75, 3.05) is 13.7 Å². The zero-order chi connectivity index (χ0) is 10.0. The Labute approximate surface area is 80.1 Å². The van der Waals surface area contributed by atoms with Gasteiger partial charge in [-0.25, -0.2) is 4.39 Å². The SMILES string of the molecule is CC(C)OC[C@@H]1[C@H](F)C[C@@H](C)N1C. The number of likely N-dealkylation sites (N-methyl/N-ethyl adjacent to an activating group) is 1. The Kier molecular flexibility index (Phi) is 3.68. The van der Waals surface area contributed by atoms with E-state index in [0.717, 1.165) is 0 Å². The third-order valence-corrected chi connectivity index (χ3v) is 2.80. The number of hydrogen-bond donors (Lipinski definition) is 0. The van der Waals surface area contributed by atoms with E-state index in [2.05, 4.69) is 11.8 Å². The van der Waals surface area contributed by atoms with E-state index in [1.54, 1.807) is 0 Å². The van der Waals surface area contributed by atoms with E-state index in [9.17, 15) is 4.39 Å². The predicted molar refractivity (Wildman–Crippen MR) is 51.6 cm³/mol. The lowest BCUT2D eigenvalue weighted by molar-refractivity contribution is 0.0235. The number of likely N-dealkylation sites (tertiary alicyclic amines) is 1. The zero-order valence-electron chi connectivity index (χ0n) is 8.96. The van der Waals surface area contributed by atoms with Crippen molar-refractivity contribution in [2.24, 2.45) is 0 Å². The van der Waals surface area contributed by atoms with E-state index >= 15 is 0 Å². The van der Waals surface area contributed by atoms with Crippen LogP contribution in [0.1, 0.15) is 27.2 Å². The monoisotopic (exact) mass is 189 g/mol. The van der Waals surface area contributed by atoms with Crippen LogP contribution < -0.4 is 0 Å². The van der Waals surface area contributed by atoms with Crippen molar-refractivity contribution in [3.05, 3.63) is 0 Å². The molecule has 0 aromatic heterocycles. The molecule has 3 heteroatoms. The molecule has 1 rings (SSSR count). The molecule has 0 aromatic rings. The summed E-state index contributed by atoms with van der Waals surface area (Å²) in [4.78, 5) is 2.08. The lowest BCUT2D eigenvalue weighted by Crippen LogP contribution is -2.37. The Bertz CT molecular complexity index is 163. The van der Waals surface area contributed by atoms with E-state index in [1.165, 1.54) is 0 Å². The van der Waals surface area contributed by atoms with Crippen LogP contribution in [0, 0.1) is 0 Å². The molecule has 78 valence electrons. The molecule has 0 saturated carbocycles. The van der Waals surface area contributed by atoms with Crippen molar-refractivity contribution >= 4 is 0 Å². The van der Waals surface area contributed by atoms with Gasteiger partial charge in [0, 0.05) is 6.04 Å². The number of halogens is 1. The van der Waals surface area contributed by atoms with Gasteiger partial charge in [-0.05, 0) is 34.2 Å². The smallest absolute Gasteiger partial charge is 0.119 e. The van der Waals surface area contributed by atoms with Crippen molar-refractivity contribution < 1.29 is 9.13 Å². The first-order chi connectivity index (χ1) is 6.02. The molecule has 0 N–H and O–H groups in total. The average Bonchev–Trinajstić information content (AvgIpc) is 2.24. The van der Waals surface area contributed by atoms with E-state index in [1.807, 2.05) is 20.9 Å². The summed E-state index contributed by atoms with van der Waals surface area (Å²) in [7, 11) is 1.97. The molecule has 13 heavy (non-hydrogen) atoms. The lowest BCUT2D eigenvalue weighted by atomic mass is 10.2. The standard InChI is InChI=1S/C10H20FNO/c1-7(2)13-6-10-9(11)5-8(3)12(10)4/h7-10H,5-6H2,1-4H3/t8-,9-,10-/m1/s1. The van der Waals surface area contributed by atoms with Gasteiger partial charge in [-0.1, -0.05) is 0 Å². The lowest BCUT2D eigenvalue weighted by Gasteiger charge is -2.24. The van der Waals surface area contributed by atoms with Crippen LogP contribution in [0.15, 0.2) is 0 Å². The summed E-state index contributed by atoms with van der Waals surface area (Å²) in [5.41, 5.74) is 0. The summed E-state index contributed by atoms with van der Waals surface area (Å²) in [6.07, 6.45) is 0.109. The van der Waals surface area contributed by atoms with Crippen LogP contribution in [-0.2, 0) is 4.74 Å². The third kappa shape index (κ3) is 2.64. The highest BCUT2D eigenvalue weighted by Crippen LogP contribution is 2.25. The summed E-state index contributed by atoms with van der Waals surface area (Å²) < 4.78 is 18.9. The Balaban J connectivity index is 2.39. The summed E-state index contributed by atoms with van der Waals surface area (Å²) >= 11 is 0. The minimum atomic E-state index is -0.723. The molecule has 0 amide bonds. The van der Waals surface area contributed by atoms with Crippen LogP contribution in [0.3, 0.4) is 0 Å². The summed E-state index contributed by atoms with van der Waals surface area (Å²) in [5, 5.41) is 0. The first-order valence-electron chi connectivity index (χ1n) is 5.00. The molecule has 0 aliphatic carbocycles. The van der Waals surface area contributed by atoms with Gasteiger partial charge in [0.25, 0.3) is 0 Å². The Hall–Kier alpha value is -0.150. The minimum absolute atomic E-state index is 0.0441. The topological polar surface area (TPSA) is 12.5 Å². The van der Waals surface area contributed by atoms with Crippen LogP contribution in [0.4, 0.5) is 4.39 Å². The highest BCUT2D eigenvalue weighted by molar-refractivity contribution is 4.90. The second-order valence-electron chi connectivity index (χ2n) is 4.22. The average molecular weight is 189 g/mol. The molecule has 2 nitrogen and oxygen atoms in total. The molecule has 0 bridgehead atoms. The fourth-order valence-corrected chi connectivity index (χ4v) is 1.74. The molecule has 1 aliphatic rings. The number of ether oxygens (including phenoxy) is 1. The quantitative estimate of drug-likeness (QED) is 0.671. The predicted octanol–water partition coefficient (Wildman–Crippen LogP) is 1.84. The second-order valence-corrected chi connectivity index (χ2v) is 4.22. The Morgan fingerprint density at radius 1 is 1.54 bits per heavy atom. The molecule has 0 radical (unpaired) electrons. The van der Waals surface area contributed by atoms with Crippen LogP contribution in [-0.4, -0.2) is 42.9 Å². The van der Waals surface area contributed by atoms with Gasteiger partial charge in [-0.2, -0.15) is 0 Å². The van der Waals surface area contributed by atoms with E-state index in [4.69, 9.17) is 4.74 Å². The van der Waals surface area contributed by atoms with Crippen LogP contribution >= 0.6 is 0 Å². The van der Waals surface area contributed by atoms with E-state index in [-0.39, 0.29) is 12.1 Å². The van der Waals surface area contributed by atoms with Gasteiger partial charge in [0.05, 0.1) is 18.8 Å². The van der Waals surface area contributed by atoms with Crippen molar-refractivity contribution in [2.45, 2.75) is 51.6 Å². The molecule has 3 atom stereocenters. The molecule has 1 aliphatic heterocycles. The molecule has 1 heterocycles. The second kappa shape index (κ2) is 4.38. The maximum absolute atomic E-state index is 13.4. The molecular formula is C10H20FNO. The molecule has 0 aromatic carbocycles. The van der Waals surface area contributed by atoms with E-state index in [0.29, 0.717) is 19.1 Å². The molecule has 1 saturated heterocycles. The highest BCUT2D eigenvalue weighted by Gasteiger charge is 2.36. The Morgan fingerprint density at radius 2 is 2.15 bits per heavy atom. The van der Waals surface area contributed by atoms with Gasteiger partial charge in [-0.3, -0.25) is 4.90 Å². The fraction of sp³-hybridized carbons (Fsp3) is 1.00. The van der Waals surface area contributed by atoms with Gasteiger partial charge in [0.15, 0.2) is 0 Å². The molecule has 0 unspecified atom stereocenters. The van der Waals surface area contributed by atoms with Crippen molar-refractivity contribution in [3.8, 4) is 0 Å². The fourth-order valence-electron chi connectivity index (χ4n) is 1.74. The maximum Gasteiger partial charge on any atom is 0.119 e. The zero-order valence-corrected chi connectivity index (χ0v) is 8.96. The van der Waals surface area contributed by atoms with Gasteiger partial charge < -0.3 is 4.74 Å². The number of alkyl halides is 1. The Morgan fingerprint density at radius 3 is 2.54 bits per heavy atom. The maximum atomic E-state index is 13.4. The largest absolute Gasteiger partial charge is 0.377 e. The number of nitrogens with zero attached hydrogens (tertiary/aromatic N) is 1. The van der Waals surface area contributed by atoms with Gasteiger partial charge >= 0.3 is 0 Å². The molecule has 0 spiro atoms. The third-order valence-electron chi connectivity index (χ3n) is 2.80. The first kappa shape index (κ1) is 10.9. The highest BCUT2D eigenvalue weighted by atomic mass is 19.1. The first-order valence-corrected chi connectivity index (χ1v) is 5.00. The molecule has 1 fully saturated rings. The summed E-state index contributed by atoms with van der Waals surface area (Å²) in [5.74, 6) is 0. The van der Waals surface area contributed by atoms with Crippen LogP contribution in [0.25, 0.3) is 0 Å². The minimum Gasteiger partial charge on any atom is -0.377 e. The van der Waals surface area contributed by atoms with Crippen molar-refractivity contribution in [1.29, 1.82) is 0 Å². The number of rotatable bonds is 3. The number of hydrogen-bond acceptors (Lipinski definition) is 2. The van der Waals surface area contributed by atoms with Gasteiger partial charge in [-0.15, -0.1) is 0 Å². The van der Waals surface area contributed by atoms with Crippen LogP contribution in [0.2, 0.25) is 0 Å². The van der Waals surface area contributed by atoms with Gasteiger partial charge in [0.1, 0.15) is 6.17 Å². The van der Waals surface area contributed by atoms with Crippen molar-refractivity contribution in [1.82, 2.24) is 4.90 Å². The van der Waals surface area contributed by atoms with E-state index < -0.39 is 6.17 Å². The summed E-state index contributed by atoms with van der Waals surface area (Å²) in [6, 6.07) is 0.299. The summed E-state index contributed by atoms with van der Waals surface area (Å²) in [6.45, 7) is 6.53. The van der Waals surface area contributed by atoms with Crippen LogP contribution in [0.5, 0.6) is 0 Å². The van der Waals surface area contributed by atoms with Crippen molar-refractivity contribution in [3.63, 3.8) is 0 Å².